The van der Waals surface area contributed by atoms with E-state index in [0.717, 1.165) is 5.56 Å². The molecule has 29 heavy (non-hydrogen) atoms. The molecule has 0 spiro atoms. The van der Waals surface area contributed by atoms with Gasteiger partial charge in [0.15, 0.2) is 11.6 Å². The Morgan fingerprint density at radius 3 is 2.34 bits per heavy atom. The number of ether oxygens (including phenoxy) is 2. The second kappa shape index (κ2) is 9.09. The molecular formula is C23H20F4O2. The van der Waals surface area contributed by atoms with Gasteiger partial charge in [-0.2, -0.15) is 13.2 Å². The molecule has 0 heterocycles. The largest absolute Gasteiger partial charge is 0.454 e. The molecule has 152 valence electrons. The standard InChI is InChI=1S/C23H20F4O2/c1-16-6-5-7-18(12-16)20(23(25,26)27)15-28-14-17-10-11-21(24)22(13-17)29-19-8-3-2-4-9-19/h2-13,20H,14-15H2,1H3. The average molecular weight is 404 g/mol. The highest BCUT2D eigenvalue weighted by Crippen LogP contribution is 2.35. The second-order valence-electron chi connectivity index (χ2n) is 6.70. The first-order chi connectivity index (χ1) is 13.8. The third-order valence-electron chi connectivity index (χ3n) is 4.36. The predicted octanol–water partition coefficient (Wildman–Crippen LogP) is 6.79. The number of rotatable bonds is 7. The second-order valence-corrected chi connectivity index (χ2v) is 6.70. The summed E-state index contributed by atoms with van der Waals surface area (Å²) in [6.45, 7) is 1.12. The van der Waals surface area contributed by atoms with E-state index in [0.29, 0.717) is 11.3 Å². The summed E-state index contributed by atoms with van der Waals surface area (Å²) < 4.78 is 65.3. The maximum absolute atomic E-state index is 14.0. The van der Waals surface area contributed by atoms with Crippen molar-refractivity contribution < 1.29 is 27.0 Å². The zero-order valence-electron chi connectivity index (χ0n) is 15.7. The van der Waals surface area contributed by atoms with Crippen LogP contribution < -0.4 is 4.74 Å². The van der Waals surface area contributed by atoms with Crippen LogP contribution in [0.3, 0.4) is 0 Å². The average Bonchev–Trinajstić information content (AvgIpc) is 2.67. The first-order valence-electron chi connectivity index (χ1n) is 9.05. The minimum atomic E-state index is -4.43. The van der Waals surface area contributed by atoms with E-state index >= 15 is 0 Å². The van der Waals surface area contributed by atoms with Gasteiger partial charge in [-0.05, 0) is 42.3 Å². The molecule has 0 aliphatic carbocycles. The van der Waals surface area contributed by atoms with Crippen molar-refractivity contribution in [1.29, 1.82) is 0 Å². The molecule has 0 saturated carbocycles. The van der Waals surface area contributed by atoms with Crippen LogP contribution in [0.25, 0.3) is 0 Å². The molecule has 0 radical (unpaired) electrons. The predicted molar refractivity (Wildman–Crippen MR) is 103 cm³/mol. The zero-order valence-corrected chi connectivity index (χ0v) is 15.7. The summed E-state index contributed by atoms with van der Waals surface area (Å²) in [5.74, 6) is -1.85. The lowest BCUT2D eigenvalue weighted by Gasteiger charge is -2.21. The lowest BCUT2D eigenvalue weighted by atomic mass is 9.98. The Hall–Kier alpha value is -2.86. The minimum Gasteiger partial charge on any atom is -0.454 e. The summed E-state index contributed by atoms with van der Waals surface area (Å²) in [5, 5.41) is 0. The van der Waals surface area contributed by atoms with E-state index in [1.165, 1.54) is 30.3 Å². The van der Waals surface area contributed by atoms with Gasteiger partial charge in [-0.15, -0.1) is 0 Å². The van der Waals surface area contributed by atoms with Crippen molar-refractivity contribution in [2.45, 2.75) is 25.6 Å². The highest BCUT2D eigenvalue weighted by Gasteiger charge is 2.40. The van der Waals surface area contributed by atoms with Crippen LogP contribution in [0.4, 0.5) is 17.6 Å². The number of para-hydroxylation sites is 1. The summed E-state index contributed by atoms with van der Waals surface area (Å²) in [6, 6.07) is 19.0. The molecule has 0 fully saturated rings. The fourth-order valence-electron chi connectivity index (χ4n) is 2.89. The Balaban J connectivity index is 1.68. The number of benzene rings is 3. The topological polar surface area (TPSA) is 18.5 Å². The number of aryl methyl sites for hydroxylation is 1. The molecule has 0 N–H and O–H groups in total. The first kappa shape index (κ1) is 20.9. The normalized spacial score (nSPS) is 12.6. The number of hydrogen-bond acceptors (Lipinski definition) is 2. The van der Waals surface area contributed by atoms with E-state index in [4.69, 9.17) is 9.47 Å². The van der Waals surface area contributed by atoms with Crippen LogP contribution in [-0.4, -0.2) is 12.8 Å². The van der Waals surface area contributed by atoms with E-state index in [-0.39, 0.29) is 17.9 Å². The fourth-order valence-corrected chi connectivity index (χ4v) is 2.89. The SMILES string of the molecule is Cc1cccc(C(COCc2ccc(F)c(Oc3ccccc3)c2)C(F)(F)F)c1. The van der Waals surface area contributed by atoms with Crippen LogP contribution in [0.1, 0.15) is 22.6 Å². The molecule has 3 rings (SSSR count). The molecule has 0 aliphatic heterocycles. The van der Waals surface area contributed by atoms with Crippen molar-refractivity contribution in [3.8, 4) is 11.5 Å². The smallest absolute Gasteiger partial charge is 0.397 e. The van der Waals surface area contributed by atoms with Crippen molar-refractivity contribution in [2.24, 2.45) is 0 Å². The lowest BCUT2D eigenvalue weighted by molar-refractivity contribution is -0.163. The third-order valence-corrected chi connectivity index (χ3v) is 4.36. The summed E-state index contributed by atoms with van der Waals surface area (Å²) in [7, 11) is 0. The minimum absolute atomic E-state index is 0.0108. The summed E-state index contributed by atoms with van der Waals surface area (Å²) in [6.07, 6.45) is -4.43. The van der Waals surface area contributed by atoms with Gasteiger partial charge in [0.25, 0.3) is 0 Å². The maximum Gasteiger partial charge on any atom is 0.397 e. The van der Waals surface area contributed by atoms with E-state index in [9.17, 15) is 17.6 Å². The molecular weight excluding hydrogens is 384 g/mol. The van der Waals surface area contributed by atoms with Gasteiger partial charge in [-0.3, -0.25) is 0 Å². The van der Waals surface area contributed by atoms with Crippen molar-refractivity contribution in [3.63, 3.8) is 0 Å². The fraction of sp³-hybridized carbons (Fsp3) is 0.217. The summed E-state index contributed by atoms with van der Waals surface area (Å²) in [4.78, 5) is 0. The van der Waals surface area contributed by atoms with Crippen molar-refractivity contribution in [1.82, 2.24) is 0 Å². The van der Waals surface area contributed by atoms with Gasteiger partial charge in [-0.25, -0.2) is 4.39 Å². The zero-order chi connectivity index (χ0) is 20.9. The molecule has 0 aliphatic rings. The molecule has 0 amide bonds. The first-order valence-corrected chi connectivity index (χ1v) is 9.05. The molecule has 0 bridgehead atoms. The van der Waals surface area contributed by atoms with Crippen LogP contribution in [0, 0.1) is 12.7 Å². The van der Waals surface area contributed by atoms with E-state index < -0.39 is 24.5 Å². The van der Waals surface area contributed by atoms with Crippen LogP contribution in [0.5, 0.6) is 11.5 Å². The highest BCUT2D eigenvalue weighted by atomic mass is 19.4. The molecule has 0 aromatic heterocycles. The van der Waals surface area contributed by atoms with Gasteiger partial charge in [0, 0.05) is 0 Å². The maximum atomic E-state index is 14.0. The molecule has 6 heteroatoms. The van der Waals surface area contributed by atoms with Crippen LogP contribution in [0.15, 0.2) is 72.8 Å². The van der Waals surface area contributed by atoms with Gasteiger partial charge in [0.2, 0.25) is 0 Å². The highest BCUT2D eigenvalue weighted by molar-refractivity contribution is 5.35. The Morgan fingerprint density at radius 1 is 0.897 bits per heavy atom. The number of halogens is 4. The Labute approximate surface area is 166 Å². The third kappa shape index (κ3) is 5.81. The Bertz CT molecular complexity index is 939. The Morgan fingerprint density at radius 2 is 1.66 bits per heavy atom. The van der Waals surface area contributed by atoms with Gasteiger partial charge in [0.1, 0.15) is 11.7 Å². The van der Waals surface area contributed by atoms with Crippen molar-refractivity contribution in [3.05, 3.63) is 95.3 Å². The Kier molecular flexibility index (Phi) is 6.54. The quantitative estimate of drug-likeness (QED) is 0.404. The van der Waals surface area contributed by atoms with Crippen molar-refractivity contribution in [2.75, 3.05) is 6.61 Å². The van der Waals surface area contributed by atoms with E-state index in [1.807, 2.05) is 0 Å². The van der Waals surface area contributed by atoms with Crippen LogP contribution in [0.2, 0.25) is 0 Å². The molecule has 2 nitrogen and oxygen atoms in total. The van der Waals surface area contributed by atoms with Crippen LogP contribution in [-0.2, 0) is 11.3 Å². The molecule has 3 aromatic rings. The van der Waals surface area contributed by atoms with Gasteiger partial charge in [-0.1, -0.05) is 54.1 Å². The summed E-state index contributed by atoms with van der Waals surface area (Å²) in [5.41, 5.74) is 1.42. The molecule has 1 atom stereocenters. The monoisotopic (exact) mass is 404 g/mol. The van der Waals surface area contributed by atoms with Crippen molar-refractivity contribution >= 4 is 0 Å². The van der Waals surface area contributed by atoms with Crippen LogP contribution >= 0.6 is 0 Å². The molecule has 3 aromatic carbocycles. The molecule has 1 unspecified atom stereocenters. The van der Waals surface area contributed by atoms with Gasteiger partial charge >= 0.3 is 6.18 Å². The number of hydrogen-bond donors (Lipinski definition) is 0. The summed E-state index contributed by atoms with van der Waals surface area (Å²) >= 11 is 0. The van der Waals surface area contributed by atoms with E-state index in [2.05, 4.69) is 0 Å². The van der Waals surface area contributed by atoms with E-state index in [1.54, 1.807) is 49.4 Å². The molecule has 0 saturated heterocycles. The van der Waals surface area contributed by atoms with Gasteiger partial charge < -0.3 is 9.47 Å². The van der Waals surface area contributed by atoms with Gasteiger partial charge in [0.05, 0.1) is 13.2 Å². The lowest BCUT2D eigenvalue weighted by Crippen LogP contribution is -2.25. The number of alkyl halides is 3.